The number of amides is 2. The van der Waals surface area contributed by atoms with Crippen LogP contribution in [0.5, 0.6) is 5.75 Å². The Labute approximate surface area is 205 Å². The molecule has 3 aromatic rings. The van der Waals surface area contributed by atoms with Gasteiger partial charge in [0.2, 0.25) is 29.0 Å². The highest BCUT2D eigenvalue weighted by Gasteiger charge is 2.74. The lowest BCUT2D eigenvalue weighted by Gasteiger charge is -2.27. The number of carbonyl (C=O) groups is 4. The smallest absolute Gasteiger partial charge is 0.241 e. The molecule has 0 unspecified atom stereocenters. The molecule has 0 N–H and O–H groups in total. The van der Waals surface area contributed by atoms with Crippen molar-refractivity contribution in [1.29, 1.82) is 0 Å². The first-order chi connectivity index (χ1) is 16.9. The Kier molecular flexibility index (Phi) is 4.71. The number of fused-ring (bicyclic) bond motifs is 3. The van der Waals surface area contributed by atoms with Gasteiger partial charge >= 0.3 is 0 Å². The number of Topliss-reactive ketones (excluding diaryl/α,β-unsaturated/α-hetero) is 2. The zero-order valence-electron chi connectivity index (χ0n) is 18.4. The Morgan fingerprint density at radius 1 is 0.857 bits per heavy atom. The van der Waals surface area contributed by atoms with Crippen molar-refractivity contribution < 1.29 is 28.7 Å². The average molecular weight is 488 g/mol. The third-order valence-electron chi connectivity index (χ3n) is 7.03. The van der Waals surface area contributed by atoms with E-state index in [1.165, 1.54) is 7.11 Å². The first-order valence-electron chi connectivity index (χ1n) is 11.0. The Balaban J connectivity index is 1.54. The minimum Gasteiger partial charge on any atom is -0.497 e. The zero-order chi connectivity index (χ0) is 24.5. The summed E-state index contributed by atoms with van der Waals surface area (Å²) in [4.78, 5) is 56.2. The van der Waals surface area contributed by atoms with Gasteiger partial charge < -0.3 is 9.47 Å². The van der Waals surface area contributed by atoms with Gasteiger partial charge in [-0.3, -0.25) is 19.2 Å². The summed E-state index contributed by atoms with van der Waals surface area (Å²) in [5, 5.41) is 0.443. The maximum absolute atomic E-state index is 13.8. The van der Waals surface area contributed by atoms with Crippen LogP contribution >= 0.6 is 11.6 Å². The molecule has 2 fully saturated rings. The fourth-order valence-electron chi connectivity index (χ4n) is 5.48. The van der Waals surface area contributed by atoms with E-state index < -0.39 is 46.9 Å². The SMILES string of the molecule is COc1cccc([C@@H]2OC3(C(=O)c4ccccc4C3=O)[C@@H]3C(=O)N(c4ccc(Cl)cc4)C(=O)[C@@H]32)c1. The number of hydrogen-bond acceptors (Lipinski definition) is 6. The van der Waals surface area contributed by atoms with E-state index in [9.17, 15) is 19.2 Å². The van der Waals surface area contributed by atoms with Crippen LogP contribution in [0.3, 0.4) is 0 Å². The third kappa shape index (κ3) is 2.82. The van der Waals surface area contributed by atoms with Crippen molar-refractivity contribution in [2.45, 2.75) is 11.7 Å². The van der Waals surface area contributed by atoms with Crippen LogP contribution in [0.1, 0.15) is 32.4 Å². The molecule has 0 aromatic heterocycles. The number of ether oxygens (including phenoxy) is 2. The second kappa shape index (κ2) is 7.60. The molecule has 6 rings (SSSR count). The molecule has 3 atom stereocenters. The van der Waals surface area contributed by atoms with Crippen LogP contribution in [0.25, 0.3) is 0 Å². The van der Waals surface area contributed by atoms with Crippen LogP contribution in [-0.2, 0) is 14.3 Å². The summed E-state index contributed by atoms with van der Waals surface area (Å²) in [5.41, 5.74) is -0.892. The molecule has 8 heteroatoms. The van der Waals surface area contributed by atoms with Crippen molar-refractivity contribution in [3.8, 4) is 5.75 Å². The van der Waals surface area contributed by atoms with E-state index in [-0.39, 0.29) is 11.1 Å². The van der Waals surface area contributed by atoms with E-state index >= 15 is 0 Å². The monoisotopic (exact) mass is 487 g/mol. The lowest BCUT2D eigenvalue weighted by atomic mass is 9.77. The van der Waals surface area contributed by atoms with E-state index in [1.807, 2.05) is 0 Å². The molecule has 0 bridgehead atoms. The van der Waals surface area contributed by atoms with Crippen LogP contribution < -0.4 is 9.64 Å². The number of rotatable bonds is 3. The molecular formula is C27H18ClNO6. The molecule has 0 saturated carbocycles. The molecule has 1 aliphatic carbocycles. The van der Waals surface area contributed by atoms with Gasteiger partial charge in [0.25, 0.3) is 0 Å². The standard InChI is InChI=1S/C27H18ClNO6/c1-34-17-6-4-5-14(13-17)22-20-21(26(33)29(25(20)32)16-11-9-15(28)10-12-16)27(35-22)23(30)18-7-2-3-8-19(18)24(27)31/h2-13,20-22H,1H3/t20-,21-,22-/m0/s1. The van der Waals surface area contributed by atoms with Gasteiger partial charge in [-0.05, 0) is 42.0 Å². The highest BCUT2D eigenvalue weighted by Crippen LogP contribution is 2.57. The first-order valence-corrected chi connectivity index (χ1v) is 11.4. The van der Waals surface area contributed by atoms with Crippen LogP contribution in [0.2, 0.25) is 5.02 Å². The number of imide groups is 1. The largest absolute Gasteiger partial charge is 0.497 e. The molecule has 2 aliphatic heterocycles. The van der Waals surface area contributed by atoms with Crippen molar-refractivity contribution in [1.82, 2.24) is 0 Å². The highest BCUT2D eigenvalue weighted by atomic mass is 35.5. The van der Waals surface area contributed by atoms with Crippen molar-refractivity contribution in [2.24, 2.45) is 11.8 Å². The summed E-state index contributed by atoms with van der Waals surface area (Å²) < 4.78 is 11.6. The van der Waals surface area contributed by atoms with Gasteiger partial charge in [0, 0.05) is 16.1 Å². The molecular weight excluding hydrogens is 470 g/mol. The number of benzene rings is 3. The minimum atomic E-state index is -2.12. The van der Waals surface area contributed by atoms with Crippen LogP contribution in [0, 0.1) is 11.8 Å². The molecule has 0 radical (unpaired) electrons. The van der Waals surface area contributed by atoms with E-state index in [2.05, 4.69) is 0 Å². The van der Waals surface area contributed by atoms with Crippen molar-refractivity contribution >= 4 is 40.7 Å². The van der Waals surface area contributed by atoms with Gasteiger partial charge in [0.1, 0.15) is 5.75 Å². The number of halogens is 1. The first kappa shape index (κ1) is 21.7. The van der Waals surface area contributed by atoms with Crippen LogP contribution in [0.15, 0.2) is 72.8 Å². The molecule has 35 heavy (non-hydrogen) atoms. The normalized spacial score (nSPS) is 24.3. The summed E-state index contributed by atoms with van der Waals surface area (Å²) >= 11 is 6.00. The lowest BCUT2D eigenvalue weighted by molar-refractivity contribution is -0.127. The van der Waals surface area contributed by atoms with Gasteiger partial charge in [-0.25, -0.2) is 4.90 Å². The Morgan fingerprint density at radius 2 is 1.51 bits per heavy atom. The topological polar surface area (TPSA) is 90.0 Å². The Bertz CT molecular complexity index is 1400. The summed E-state index contributed by atoms with van der Waals surface area (Å²) in [5.74, 6) is -4.26. The Hall–Kier alpha value is -3.81. The van der Waals surface area contributed by atoms with E-state index in [4.69, 9.17) is 21.1 Å². The zero-order valence-corrected chi connectivity index (χ0v) is 19.2. The minimum absolute atomic E-state index is 0.188. The van der Waals surface area contributed by atoms with Crippen molar-refractivity contribution in [3.63, 3.8) is 0 Å². The number of hydrogen-bond donors (Lipinski definition) is 0. The predicted molar refractivity (Wildman–Crippen MR) is 126 cm³/mol. The Morgan fingerprint density at radius 3 is 2.14 bits per heavy atom. The van der Waals surface area contributed by atoms with E-state index in [0.29, 0.717) is 22.0 Å². The second-order valence-electron chi connectivity index (χ2n) is 8.75. The van der Waals surface area contributed by atoms with Crippen LogP contribution in [0.4, 0.5) is 5.69 Å². The number of anilines is 1. The fourth-order valence-corrected chi connectivity index (χ4v) is 5.61. The second-order valence-corrected chi connectivity index (χ2v) is 9.18. The van der Waals surface area contributed by atoms with Crippen molar-refractivity contribution in [3.05, 3.63) is 94.5 Å². The molecule has 3 aliphatic rings. The van der Waals surface area contributed by atoms with E-state index in [1.54, 1.807) is 72.8 Å². The summed E-state index contributed by atoms with van der Waals surface area (Å²) in [7, 11) is 1.51. The summed E-state index contributed by atoms with van der Waals surface area (Å²) in [6.45, 7) is 0. The fraction of sp³-hybridized carbons (Fsp3) is 0.185. The molecule has 174 valence electrons. The van der Waals surface area contributed by atoms with Gasteiger partial charge in [0.05, 0.1) is 30.7 Å². The van der Waals surface area contributed by atoms with E-state index in [0.717, 1.165) is 4.90 Å². The van der Waals surface area contributed by atoms with Gasteiger partial charge in [0.15, 0.2) is 0 Å². The molecule has 2 saturated heterocycles. The lowest BCUT2D eigenvalue weighted by Crippen LogP contribution is -2.51. The molecule has 7 nitrogen and oxygen atoms in total. The van der Waals surface area contributed by atoms with Crippen molar-refractivity contribution in [2.75, 3.05) is 12.0 Å². The van der Waals surface area contributed by atoms with Gasteiger partial charge in [-0.2, -0.15) is 0 Å². The number of nitrogens with zero attached hydrogens (tertiary/aromatic N) is 1. The van der Waals surface area contributed by atoms with Gasteiger partial charge in [-0.15, -0.1) is 0 Å². The third-order valence-corrected chi connectivity index (χ3v) is 7.28. The average Bonchev–Trinajstić information content (AvgIpc) is 3.45. The molecule has 3 aromatic carbocycles. The number of ketones is 2. The number of methoxy groups -OCH3 is 1. The summed E-state index contributed by atoms with van der Waals surface area (Å²) in [6, 6.07) is 19.5. The predicted octanol–water partition coefficient (Wildman–Crippen LogP) is 4.04. The van der Waals surface area contributed by atoms with Gasteiger partial charge in [-0.1, -0.05) is 48.0 Å². The quantitative estimate of drug-likeness (QED) is 0.409. The number of carbonyl (C=O) groups excluding carboxylic acids is 4. The summed E-state index contributed by atoms with van der Waals surface area (Å²) in [6.07, 6.45) is -1.01. The van der Waals surface area contributed by atoms with Crippen LogP contribution in [-0.4, -0.2) is 36.1 Å². The molecule has 2 heterocycles. The maximum atomic E-state index is 13.8. The highest BCUT2D eigenvalue weighted by molar-refractivity contribution is 6.37. The molecule has 2 amide bonds. The molecule has 1 spiro atoms. The maximum Gasteiger partial charge on any atom is 0.241 e.